The number of rotatable bonds is 11. The first kappa shape index (κ1) is 24.4. The van der Waals surface area contributed by atoms with Crippen molar-refractivity contribution < 1.29 is 19.1 Å². The zero-order valence-corrected chi connectivity index (χ0v) is 20.0. The summed E-state index contributed by atoms with van der Waals surface area (Å²) in [6.07, 6.45) is 5.80. The number of hydrogen-bond donors (Lipinski definition) is 2. The Morgan fingerprint density at radius 3 is 1.64 bits per heavy atom. The van der Waals surface area contributed by atoms with Gasteiger partial charge in [0.2, 0.25) is 0 Å². The number of methoxy groups -OCH3 is 2. The van der Waals surface area contributed by atoms with Crippen LogP contribution in [0.5, 0.6) is 0 Å². The summed E-state index contributed by atoms with van der Waals surface area (Å²) in [7, 11) is 2.78. The second-order valence-corrected chi connectivity index (χ2v) is 8.28. The smallest absolute Gasteiger partial charge is 0.354 e. The summed E-state index contributed by atoms with van der Waals surface area (Å²) in [5.74, 6) is -0.973. The van der Waals surface area contributed by atoms with Crippen LogP contribution in [0.4, 0.5) is 0 Å². The van der Waals surface area contributed by atoms with Crippen molar-refractivity contribution in [3.05, 3.63) is 81.9 Å². The van der Waals surface area contributed by atoms with Crippen molar-refractivity contribution in [3.63, 3.8) is 0 Å². The van der Waals surface area contributed by atoms with Crippen molar-refractivity contribution in [3.8, 4) is 0 Å². The number of carbonyl (C=O) groups excluding carboxylic acids is 2. The Bertz CT molecular complexity index is 999. The summed E-state index contributed by atoms with van der Waals surface area (Å²) in [5.41, 5.74) is 6.02. The molecule has 0 unspecified atom stereocenters. The van der Waals surface area contributed by atoms with Gasteiger partial charge in [0.1, 0.15) is 11.4 Å². The molecule has 33 heavy (non-hydrogen) atoms. The Kier molecular flexibility index (Phi) is 8.52. The highest BCUT2D eigenvalue weighted by Gasteiger charge is 2.28. The van der Waals surface area contributed by atoms with Gasteiger partial charge in [-0.05, 0) is 54.5 Å². The molecule has 0 aliphatic heterocycles. The summed E-state index contributed by atoms with van der Waals surface area (Å²) in [6.45, 7) is 4.30. The van der Waals surface area contributed by atoms with Crippen molar-refractivity contribution in [2.75, 3.05) is 14.2 Å². The molecule has 6 nitrogen and oxygen atoms in total. The SMILES string of the molecule is CCCCc1cc(C(=O)OC)[nH]c1C(c1ccccc1)c1[nH]c(C(=O)OC)cc1CCCC. The average molecular weight is 451 g/mol. The molecular formula is C27H34N2O4. The predicted molar refractivity (Wildman–Crippen MR) is 129 cm³/mol. The molecule has 2 heterocycles. The van der Waals surface area contributed by atoms with Gasteiger partial charge < -0.3 is 19.4 Å². The molecule has 0 fully saturated rings. The van der Waals surface area contributed by atoms with Crippen LogP contribution >= 0.6 is 0 Å². The number of aromatic amines is 2. The van der Waals surface area contributed by atoms with Gasteiger partial charge in [-0.2, -0.15) is 0 Å². The molecule has 3 aromatic rings. The number of nitrogens with one attached hydrogen (secondary N) is 2. The second-order valence-electron chi connectivity index (χ2n) is 8.28. The van der Waals surface area contributed by atoms with Gasteiger partial charge in [0.25, 0.3) is 0 Å². The summed E-state index contributed by atoms with van der Waals surface area (Å²) in [5, 5.41) is 0. The average Bonchev–Trinajstić information content (AvgIpc) is 3.46. The summed E-state index contributed by atoms with van der Waals surface area (Å²) in [6, 6.07) is 14.0. The Morgan fingerprint density at radius 2 is 1.24 bits per heavy atom. The van der Waals surface area contributed by atoms with Crippen molar-refractivity contribution >= 4 is 11.9 Å². The number of unbranched alkanes of at least 4 members (excludes halogenated alkanes) is 2. The highest BCUT2D eigenvalue weighted by molar-refractivity contribution is 5.88. The van der Waals surface area contributed by atoms with E-state index in [9.17, 15) is 9.59 Å². The van der Waals surface area contributed by atoms with Crippen LogP contribution in [0, 0.1) is 0 Å². The summed E-state index contributed by atoms with van der Waals surface area (Å²) >= 11 is 0. The van der Waals surface area contributed by atoms with Crippen LogP contribution in [0.15, 0.2) is 42.5 Å². The lowest BCUT2D eigenvalue weighted by molar-refractivity contribution is 0.0586. The molecule has 0 aliphatic rings. The normalized spacial score (nSPS) is 11.1. The van der Waals surface area contributed by atoms with E-state index < -0.39 is 11.9 Å². The number of esters is 2. The third-order valence-corrected chi connectivity index (χ3v) is 5.99. The van der Waals surface area contributed by atoms with Crippen LogP contribution in [0.2, 0.25) is 0 Å². The van der Waals surface area contributed by atoms with Gasteiger partial charge in [-0.3, -0.25) is 0 Å². The number of carbonyl (C=O) groups is 2. The Morgan fingerprint density at radius 1 is 0.788 bits per heavy atom. The molecule has 2 aromatic heterocycles. The van der Waals surface area contributed by atoms with Crippen LogP contribution in [0.25, 0.3) is 0 Å². The van der Waals surface area contributed by atoms with E-state index in [1.165, 1.54) is 14.2 Å². The summed E-state index contributed by atoms with van der Waals surface area (Å²) < 4.78 is 9.98. The minimum absolute atomic E-state index is 0.193. The molecular weight excluding hydrogens is 416 g/mol. The van der Waals surface area contributed by atoms with Crippen LogP contribution < -0.4 is 0 Å². The maximum absolute atomic E-state index is 12.4. The highest BCUT2D eigenvalue weighted by Crippen LogP contribution is 2.37. The van der Waals surface area contributed by atoms with Gasteiger partial charge in [-0.1, -0.05) is 57.0 Å². The molecule has 0 radical (unpaired) electrons. The molecule has 0 spiro atoms. The number of aryl methyl sites for hydroxylation is 2. The molecule has 0 amide bonds. The zero-order valence-electron chi connectivity index (χ0n) is 20.0. The highest BCUT2D eigenvalue weighted by atomic mass is 16.5. The molecule has 0 bridgehead atoms. The Balaban J connectivity index is 2.23. The standard InChI is InChI=1S/C27H34N2O4/c1-5-7-12-19-16-21(26(30)32-3)28-24(19)23(18-14-10-9-11-15-18)25-20(13-8-6-2)17-22(29-25)27(31)33-4/h9-11,14-17,23,28-29H,5-8,12-13H2,1-4H3. The van der Waals surface area contributed by atoms with Crippen molar-refractivity contribution in [1.29, 1.82) is 0 Å². The molecule has 0 saturated carbocycles. The maximum Gasteiger partial charge on any atom is 0.354 e. The number of H-pyrrole nitrogens is 2. The molecule has 3 rings (SSSR count). The lowest BCUT2D eigenvalue weighted by Gasteiger charge is -2.20. The Labute approximate surface area is 195 Å². The van der Waals surface area contributed by atoms with E-state index in [1.807, 2.05) is 30.3 Å². The second kappa shape index (κ2) is 11.5. The van der Waals surface area contributed by atoms with Crippen molar-refractivity contribution in [2.24, 2.45) is 0 Å². The van der Waals surface area contributed by atoms with E-state index in [1.54, 1.807) is 0 Å². The number of benzene rings is 1. The largest absolute Gasteiger partial charge is 0.464 e. The van der Waals surface area contributed by atoms with Gasteiger partial charge in [-0.15, -0.1) is 0 Å². The molecule has 1 aromatic carbocycles. The fourth-order valence-corrected chi connectivity index (χ4v) is 4.25. The first-order chi connectivity index (χ1) is 16.0. The minimum atomic E-state index is -0.390. The third kappa shape index (κ3) is 5.56. The molecule has 0 saturated heterocycles. The van der Waals surface area contributed by atoms with Crippen molar-refractivity contribution in [2.45, 2.75) is 58.3 Å². The minimum Gasteiger partial charge on any atom is -0.464 e. The molecule has 0 aliphatic carbocycles. The fourth-order valence-electron chi connectivity index (χ4n) is 4.25. The molecule has 176 valence electrons. The Hall–Kier alpha value is -3.28. The van der Waals surface area contributed by atoms with Gasteiger partial charge in [-0.25, -0.2) is 9.59 Å². The van der Waals surface area contributed by atoms with Crippen LogP contribution in [-0.2, 0) is 22.3 Å². The van der Waals surface area contributed by atoms with Gasteiger partial charge >= 0.3 is 11.9 Å². The number of ether oxygens (including phenoxy) is 2. The van der Waals surface area contributed by atoms with E-state index in [0.717, 1.165) is 66.6 Å². The van der Waals surface area contributed by atoms with E-state index in [4.69, 9.17) is 9.47 Å². The van der Waals surface area contributed by atoms with Gasteiger partial charge in [0, 0.05) is 11.4 Å². The van der Waals surface area contributed by atoms with E-state index in [2.05, 4.69) is 35.9 Å². The van der Waals surface area contributed by atoms with Crippen LogP contribution in [0.1, 0.15) is 94.5 Å². The third-order valence-electron chi connectivity index (χ3n) is 5.99. The van der Waals surface area contributed by atoms with Crippen LogP contribution in [0.3, 0.4) is 0 Å². The molecule has 6 heteroatoms. The monoisotopic (exact) mass is 450 g/mol. The zero-order chi connectivity index (χ0) is 23.8. The van der Waals surface area contributed by atoms with E-state index >= 15 is 0 Å². The molecule has 0 atom stereocenters. The number of hydrogen-bond acceptors (Lipinski definition) is 4. The quantitative estimate of drug-likeness (QED) is 0.363. The predicted octanol–water partition coefficient (Wildman–Crippen LogP) is 5.78. The summed E-state index contributed by atoms with van der Waals surface area (Å²) in [4.78, 5) is 31.5. The fraction of sp³-hybridized carbons (Fsp3) is 0.407. The van der Waals surface area contributed by atoms with Crippen LogP contribution in [-0.4, -0.2) is 36.1 Å². The lowest BCUT2D eigenvalue weighted by atomic mass is 9.87. The van der Waals surface area contributed by atoms with Gasteiger partial charge in [0.05, 0.1) is 20.1 Å². The maximum atomic E-state index is 12.4. The number of aromatic nitrogens is 2. The first-order valence-corrected chi connectivity index (χ1v) is 11.7. The van der Waals surface area contributed by atoms with E-state index in [-0.39, 0.29) is 5.92 Å². The van der Waals surface area contributed by atoms with Gasteiger partial charge in [0.15, 0.2) is 0 Å². The first-order valence-electron chi connectivity index (χ1n) is 11.7. The topological polar surface area (TPSA) is 84.2 Å². The van der Waals surface area contributed by atoms with E-state index in [0.29, 0.717) is 11.4 Å². The van der Waals surface area contributed by atoms with Crippen molar-refractivity contribution in [1.82, 2.24) is 9.97 Å². The lowest BCUT2D eigenvalue weighted by Crippen LogP contribution is -2.11. The molecule has 2 N–H and O–H groups in total.